The van der Waals surface area contributed by atoms with Crippen LogP contribution in [0.5, 0.6) is 0 Å². The lowest BCUT2D eigenvalue weighted by Crippen LogP contribution is -2.43. The first-order valence-corrected chi connectivity index (χ1v) is 11.0. The second kappa shape index (κ2) is 10.1. The van der Waals surface area contributed by atoms with Gasteiger partial charge in [-0.2, -0.15) is 0 Å². The molecular weight excluding hydrogens is 414 g/mol. The van der Waals surface area contributed by atoms with E-state index in [0.29, 0.717) is 30.6 Å². The maximum atomic E-state index is 13.4. The Morgan fingerprint density at radius 3 is 2.36 bits per heavy atom. The van der Waals surface area contributed by atoms with Crippen LogP contribution < -0.4 is 5.32 Å². The lowest BCUT2D eigenvalue weighted by Gasteiger charge is -2.24. The molecule has 1 unspecified atom stereocenters. The first-order chi connectivity index (χ1) is 16.1. The highest BCUT2D eigenvalue weighted by atomic mass is 16.6. The molecule has 2 amide bonds. The van der Waals surface area contributed by atoms with Gasteiger partial charge < -0.3 is 15.1 Å². The Morgan fingerprint density at radius 1 is 0.970 bits per heavy atom. The third kappa shape index (κ3) is 5.12. The summed E-state index contributed by atoms with van der Waals surface area (Å²) in [6.45, 7) is 2.78. The molecule has 6 heteroatoms. The average Bonchev–Trinajstić information content (AvgIpc) is 3.26. The minimum Gasteiger partial charge on any atom is -0.399 e. The van der Waals surface area contributed by atoms with Crippen molar-refractivity contribution in [3.8, 4) is 11.1 Å². The number of hydrogen-bond donors (Lipinski definition) is 1. The summed E-state index contributed by atoms with van der Waals surface area (Å²) in [5.74, 6) is -0.255. The van der Waals surface area contributed by atoms with E-state index in [2.05, 4.69) is 29.5 Å². The molecule has 4 rings (SSSR count). The van der Waals surface area contributed by atoms with Crippen LogP contribution in [-0.2, 0) is 4.84 Å². The maximum Gasteiger partial charge on any atom is 0.254 e. The number of carbonyl (C=O) groups excluding carboxylic acids is 2. The Morgan fingerprint density at radius 2 is 1.67 bits per heavy atom. The monoisotopic (exact) mass is 441 g/mol. The predicted octanol–water partition coefficient (Wildman–Crippen LogP) is 4.31. The second-order valence-electron chi connectivity index (χ2n) is 8.10. The molecule has 3 aromatic rings. The molecule has 1 aliphatic heterocycles. The van der Waals surface area contributed by atoms with Crippen LogP contribution in [0.25, 0.3) is 11.1 Å². The Bertz CT molecular complexity index is 1160. The van der Waals surface area contributed by atoms with E-state index in [1.165, 1.54) is 12.7 Å². The number of hydrogen-bond acceptors (Lipinski definition) is 4. The van der Waals surface area contributed by atoms with E-state index in [9.17, 15) is 9.59 Å². The van der Waals surface area contributed by atoms with Crippen molar-refractivity contribution >= 4 is 17.5 Å². The molecule has 33 heavy (non-hydrogen) atoms. The number of aryl methyl sites for hydroxylation is 1. The molecule has 1 N–H and O–H groups in total. The van der Waals surface area contributed by atoms with E-state index in [1.54, 1.807) is 17.0 Å². The predicted molar refractivity (Wildman–Crippen MR) is 129 cm³/mol. The fourth-order valence-corrected chi connectivity index (χ4v) is 4.14. The van der Waals surface area contributed by atoms with Crippen LogP contribution in [0.2, 0.25) is 0 Å². The zero-order valence-electron chi connectivity index (χ0n) is 18.8. The highest BCUT2D eigenvalue weighted by Gasteiger charge is 2.34. The fourth-order valence-electron chi connectivity index (χ4n) is 4.14. The van der Waals surface area contributed by atoms with Crippen molar-refractivity contribution in [3.05, 3.63) is 95.6 Å². The van der Waals surface area contributed by atoms with Crippen molar-refractivity contribution < 1.29 is 14.4 Å². The van der Waals surface area contributed by atoms with Crippen molar-refractivity contribution in [3.63, 3.8) is 0 Å². The van der Waals surface area contributed by atoms with Crippen LogP contribution >= 0.6 is 0 Å². The summed E-state index contributed by atoms with van der Waals surface area (Å²) in [5, 5.41) is 7.01. The third-order valence-electron chi connectivity index (χ3n) is 5.87. The van der Waals surface area contributed by atoms with Gasteiger partial charge in [0.25, 0.3) is 11.8 Å². The maximum absolute atomic E-state index is 13.4. The van der Waals surface area contributed by atoms with Gasteiger partial charge in [-0.1, -0.05) is 59.8 Å². The molecule has 1 fully saturated rings. The number of carbonyl (C=O) groups is 2. The first kappa shape index (κ1) is 22.3. The molecule has 1 aliphatic rings. The van der Waals surface area contributed by atoms with Crippen molar-refractivity contribution in [1.29, 1.82) is 0 Å². The highest BCUT2D eigenvalue weighted by Crippen LogP contribution is 2.25. The molecule has 0 saturated carbocycles. The minimum atomic E-state index is -0.199. The van der Waals surface area contributed by atoms with E-state index in [-0.39, 0.29) is 17.9 Å². The molecule has 0 radical (unpaired) electrons. The average molecular weight is 442 g/mol. The normalized spacial score (nSPS) is 16.6. The Hall–Kier alpha value is -3.93. The molecule has 0 aromatic heterocycles. The summed E-state index contributed by atoms with van der Waals surface area (Å²) in [6.07, 6.45) is 0.552. The summed E-state index contributed by atoms with van der Waals surface area (Å²) in [4.78, 5) is 32.5. The molecule has 1 heterocycles. The van der Waals surface area contributed by atoms with Gasteiger partial charge in [-0.3, -0.25) is 9.59 Å². The summed E-state index contributed by atoms with van der Waals surface area (Å²) >= 11 is 0. The van der Waals surface area contributed by atoms with Crippen molar-refractivity contribution in [2.24, 2.45) is 5.16 Å². The second-order valence-corrected chi connectivity index (χ2v) is 8.10. The molecule has 6 nitrogen and oxygen atoms in total. The van der Waals surface area contributed by atoms with Crippen molar-refractivity contribution in [1.82, 2.24) is 10.2 Å². The first-order valence-electron chi connectivity index (χ1n) is 11.0. The zero-order valence-corrected chi connectivity index (χ0v) is 18.8. The van der Waals surface area contributed by atoms with Crippen LogP contribution in [0, 0.1) is 6.92 Å². The topological polar surface area (TPSA) is 71.0 Å². The molecule has 0 spiro atoms. The number of rotatable bonds is 6. The highest BCUT2D eigenvalue weighted by molar-refractivity contribution is 6.01. The molecule has 1 atom stereocenters. The number of nitrogens with zero attached hydrogens (tertiary/aromatic N) is 2. The molecular formula is C27H27N3O3. The van der Waals surface area contributed by atoms with Gasteiger partial charge in [0.2, 0.25) is 0 Å². The number of oxime groups is 1. The quantitative estimate of drug-likeness (QED) is 0.580. The molecule has 0 aliphatic carbocycles. The summed E-state index contributed by atoms with van der Waals surface area (Å²) in [5.41, 5.74) is 5.37. The van der Waals surface area contributed by atoms with E-state index in [0.717, 1.165) is 16.8 Å². The van der Waals surface area contributed by atoms with Crippen LogP contribution in [-0.4, -0.2) is 48.7 Å². The van der Waals surface area contributed by atoms with Crippen molar-refractivity contribution in [2.45, 2.75) is 19.4 Å². The number of benzene rings is 3. The van der Waals surface area contributed by atoms with Crippen LogP contribution in [0.1, 0.15) is 32.7 Å². The van der Waals surface area contributed by atoms with Crippen LogP contribution in [0.3, 0.4) is 0 Å². The summed E-state index contributed by atoms with van der Waals surface area (Å²) in [6, 6.07) is 24.7. The van der Waals surface area contributed by atoms with Crippen molar-refractivity contribution in [2.75, 3.05) is 20.2 Å². The lowest BCUT2D eigenvalue weighted by atomic mass is 9.99. The van der Waals surface area contributed by atoms with E-state index >= 15 is 0 Å². The SMILES string of the molecule is CO/N=C1/CC(CNC(=O)c2ccccc2)N(C(=O)c2ccc(-c3ccccc3C)cc2)C1. The number of likely N-dealkylation sites (tertiary alicyclic amines) is 1. The Labute approximate surface area is 193 Å². The Balaban J connectivity index is 1.49. The summed E-state index contributed by atoms with van der Waals surface area (Å²) in [7, 11) is 1.49. The molecule has 0 bridgehead atoms. The van der Waals surface area contributed by atoms with Crippen LogP contribution in [0.15, 0.2) is 84.0 Å². The standard InChI is InChI=1S/C27H27N3O3/c1-19-8-6-7-11-25(19)20-12-14-22(15-13-20)27(32)30-18-23(29-33-2)16-24(30)17-28-26(31)21-9-4-3-5-10-21/h3-15,24H,16-18H2,1-2H3,(H,28,31)/b29-23-. The van der Waals surface area contributed by atoms with Gasteiger partial charge in [0.15, 0.2) is 0 Å². The fraction of sp³-hybridized carbons (Fsp3) is 0.222. The molecule has 1 saturated heterocycles. The van der Waals surface area contributed by atoms with Gasteiger partial charge in [-0.15, -0.1) is 0 Å². The largest absolute Gasteiger partial charge is 0.399 e. The summed E-state index contributed by atoms with van der Waals surface area (Å²) < 4.78 is 0. The van der Waals surface area contributed by atoms with E-state index < -0.39 is 0 Å². The molecule has 3 aromatic carbocycles. The number of amides is 2. The molecule has 168 valence electrons. The third-order valence-corrected chi connectivity index (χ3v) is 5.87. The van der Waals surface area contributed by atoms with Gasteiger partial charge >= 0.3 is 0 Å². The van der Waals surface area contributed by atoms with Crippen LogP contribution in [0.4, 0.5) is 0 Å². The Kier molecular flexibility index (Phi) is 6.83. The van der Waals surface area contributed by atoms with Gasteiger partial charge in [0.05, 0.1) is 18.3 Å². The number of nitrogens with one attached hydrogen (secondary N) is 1. The minimum absolute atomic E-state index is 0.0911. The van der Waals surface area contributed by atoms with E-state index in [1.807, 2.05) is 54.6 Å². The zero-order chi connectivity index (χ0) is 23.2. The smallest absolute Gasteiger partial charge is 0.254 e. The van der Waals surface area contributed by atoms with Gasteiger partial charge in [-0.25, -0.2) is 0 Å². The van der Waals surface area contributed by atoms with Gasteiger partial charge in [0.1, 0.15) is 7.11 Å². The van der Waals surface area contributed by atoms with Gasteiger partial charge in [0, 0.05) is 24.1 Å². The van der Waals surface area contributed by atoms with E-state index in [4.69, 9.17) is 4.84 Å². The van der Waals surface area contributed by atoms with Gasteiger partial charge in [-0.05, 0) is 47.9 Å². The lowest BCUT2D eigenvalue weighted by molar-refractivity contribution is 0.0728.